The van der Waals surface area contributed by atoms with Gasteiger partial charge in [0.05, 0.1) is 16.7 Å². The van der Waals surface area contributed by atoms with E-state index in [9.17, 15) is 10.1 Å². The van der Waals surface area contributed by atoms with E-state index in [2.05, 4.69) is 28.9 Å². The third-order valence-corrected chi connectivity index (χ3v) is 5.17. The first-order valence-electron chi connectivity index (χ1n) is 7.35. The highest BCUT2D eigenvalue weighted by atomic mass is 32.2. The summed E-state index contributed by atoms with van der Waals surface area (Å²) in [6, 6.07) is 3.22. The van der Waals surface area contributed by atoms with Crippen LogP contribution in [0.5, 0.6) is 0 Å². The molecule has 0 radical (unpaired) electrons. The zero-order valence-corrected chi connectivity index (χ0v) is 14.1. The van der Waals surface area contributed by atoms with Crippen LogP contribution in [0.3, 0.4) is 0 Å². The second-order valence-corrected chi connectivity index (χ2v) is 6.70. The summed E-state index contributed by atoms with van der Waals surface area (Å²) in [7, 11) is 1.70. The third kappa shape index (κ3) is 3.29. The fourth-order valence-electron chi connectivity index (χ4n) is 2.43. The highest BCUT2D eigenvalue weighted by Gasteiger charge is 2.24. The minimum Gasteiger partial charge on any atom is -0.374 e. The molecule has 1 aliphatic heterocycles. The molecule has 8 heteroatoms. The lowest BCUT2D eigenvalue weighted by molar-refractivity contribution is -0.385. The van der Waals surface area contributed by atoms with Gasteiger partial charge in [-0.1, -0.05) is 23.4 Å². The Labute approximate surface area is 143 Å². The summed E-state index contributed by atoms with van der Waals surface area (Å²) in [5, 5.41) is 14.7. The maximum absolute atomic E-state index is 11.1. The predicted molar refractivity (Wildman–Crippen MR) is 93.4 cm³/mol. The lowest BCUT2D eigenvalue weighted by atomic mass is 9.94. The van der Waals surface area contributed by atoms with Gasteiger partial charge < -0.3 is 4.74 Å². The normalized spacial score (nSPS) is 21.5. The van der Waals surface area contributed by atoms with Gasteiger partial charge in [-0.25, -0.2) is 0 Å². The molecular weight excluding hydrogens is 330 g/mol. The average molecular weight is 347 g/mol. The molecule has 1 aromatic rings. The molecule has 126 valence electrons. The Morgan fingerprint density at radius 2 is 2.38 bits per heavy atom. The number of nitro benzene ring substituents is 1. The smallest absolute Gasteiger partial charge is 0.280 e. The van der Waals surface area contributed by atoms with Crippen molar-refractivity contribution in [3.8, 4) is 0 Å². The van der Waals surface area contributed by atoms with Crippen LogP contribution in [0.2, 0.25) is 0 Å². The van der Waals surface area contributed by atoms with Crippen LogP contribution in [0.1, 0.15) is 18.9 Å². The number of allylic oxidation sites excluding steroid dienone is 1. The van der Waals surface area contributed by atoms with E-state index in [0.29, 0.717) is 11.3 Å². The first-order valence-corrected chi connectivity index (χ1v) is 8.34. The standard InChI is InChI=1S/C16H17N3O4S/c1-16(22-2)7-5-11(6-8-16)10-24-14-4-3-13(19(20)21)12-9-17-23-18-15(12)14/h3-7,9,18H,8,10H2,1-2H3. The Hall–Kier alpha value is -2.32. The maximum Gasteiger partial charge on any atom is 0.280 e. The Kier molecular flexibility index (Phi) is 4.59. The molecule has 1 atom stereocenters. The Morgan fingerprint density at radius 1 is 1.54 bits per heavy atom. The first kappa shape index (κ1) is 16.5. The van der Waals surface area contributed by atoms with E-state index < -0.39 is 4.92 Å². The summed E-state index contributed by atoms with van der Waals surface area (Å²) < 4.78 is 5.46. The quantitative estimate of drug-likeness (QED) is 0.497. The molecule has 3 rings (SSSR count). The van der Waals surface area contributed by atoms with Crippen molar-refractivity contribution in [2.45, 2.75) is 23.8 Å². The highest BCUT2D eigenvalue weighted by molar-refractivity contribution is 7.99. The van der Waals surface area contributed by atoms with Gasteiger partial charge in [0, 0.05) is 23.8 Å². The van der Waals surface area contributed by atoms with Crippen molar-refractivity contribution in [3.63, 3.8) is 0 Å². The molecule has 1 N–H and O–H groups in total. The van der Waals surface area contributed by atoms with E-state index in [1.54, 1.807) is 24.9 Å². The van der Waals surface area contributed by atoms with Gasteiger partial charge in [-0.2, -0.15) is 5.48 Å². The van der Waals surface area contributed by atoms with Gasteiger partial charge in [-0.15, -0.1) is 11.8 Å². The van der Waals surface area contributed by atoms with Crippen LogP contribution in [0.25, 0.3) is 0 Å². The molecule has 1 heterocycles. The van der Waals surface area contributed by atoms with Crippen molar-refractivity contribution >= 4 is 29.4 Å². The zero-order chi connectivity index (χ0) is 17.2. The Balaban J connectivity index is 1.77. The van der Waals surface area contributed by atoms with Gasteiger partial charge in [0.2, 0.25) is 0 Å². The van der Waals surface area contributed by atoms with E-state index in [1.165, 1.54) is 17.9 Å². The fourth-order valence-corrected chi connectivity index (χ4v) is 3.42. The molecule has 0 spiro atoms. The van der Waals surface area contributed by atoms with Crippen LogP contribution in [0.4, 0.5) is 11.4 Å². The number of nitro groups is 1. The number of oxime groups is 1. The second-order valence-electron chi connectivity index (χ2n) is 5.68. The molecule has 7 nitrogen and oxygen atoms in total. The number of hydrogen-bond acceptors (Lipinski definition) is 7. The molecule has 1 unspecified atom stereocenters. The third-order valence-electron chi connectivity index (χ3n) is 4.04. The van der Waals surface area contributed by atoms with Crippen molar-refractivity contribution in [1.82, 2.24) is 0 Å². The van der Waals surface area contributed by atoms with Crippen molar-refractivity contribution in [2.75, 3.05) is 18.3 Å². The van der Waals surface area contributed by atoms with Gasteiger partial charge in [0.15, 0.2) is 0 Å². The lowest BCUT2D eigenvalue weighted by Crippen LogP contribution is -2.25. The summed E-state index contributed by atoms with van der Waals surface area (Å²) in [6.45, 7) is 2.04. The number of methoxy groups -OCH3 is 1. The van der Waals surface area contributed by atoms with E-state index in [4.69, 9.17) is 9.68 Å². The number of ether oxygens (including phenoxy) is 1. The Bertz CT molecular complexity index is 760. The van der Waals surface area contributed by atoms with Gasteiger partial charge in [-0.05, 0) is 25.0 Å². The molecule has 2 aliphatic rings. The van der Waals surface area contributed by atoms with Crippen molar-refractivity contribution in [2.24, 2.45) is 5.16 Å². The highest BCUT2D eigenvalue weighted by Crippen LogP contribution is 2.37. The van der Waals surface area contributed by atoms with E-state index in [1.807, 2.05) is 6.92 Å². The molecule has 1 aromatic carbocycles. The minimum atomic E-state index is -0.426. The SMILES string of the molecule is COC1(C)C=CC(CSc2ccc([N+](=O)[O-])c3c2NON=C3)=CC1. The van der Waals surface area contributed by atoms with Crippen LogP contribution in [-0.2, 0) is 9.68 Å². The predicted octanol–water partition coefficient (Wildman–Crippen LogP) is 3.67. The topological polar surface area (TPSA) is 86.0 Å². The van der Waals surface area contributed by atoms with Gasteiger partial charge >= 0.3 is 0 Å². The van der Waals surface area contributed by atoms with Crippen LogP contribution in [0, 0.1) is 10.1 Å². The molecule has 24 heavy (non-hydrogen) atoms. The van der Waals surface area contributed by atoms with Crippen molar-refractivity contribution in [1.29, 1.82) is 0 Å². The summed E-state index contributed by atoms with van der Waals surface area (Å²) in [6.07, 6.45) is 8.45. The minimum absolute atomic E-state index is 0.00142. The van der Waals surface area contributed by atoms with E-state index >= 15 is 0 Å². The maximum atomic E-state index is 11.1. The monoisotopic (exact) mass is 347 g/mol. The number of fused-ring (bicyclic) bond motifs is 1. The summed E-state index contributed by atoms with van der Waals surface area (Å²) in [5.41, 5.74) is 4.60. The summed E-state index contributed by atoms with van der Waals surface area (Å²) >= 11 is 1.58. The number of anilines is 1. The van der Waals surface area contributed by atoms with Gasteiger partial charge in [0.1, 0.15) is 11.3 Å². The number of nitrogens with one attached hydrogen (secondary N) is 1. The number of benzene rings is 1. The lowest BCUT2D eigenvalue weighted by Gasteiger charge is -2.26. The number of rotatable bonds is 5. The zero-order valence-electron chi connectivity index (χ0n) is 13.3. The Morgan fingerprint density at radius 3 is 3.04 bits per heavy atom. The van der Waals surface area contributed by atoms with Crippen LogP contribution in [0.15, 0.2) is 46.0 Å². The molecule has 1 aliphatic carbocycles. The van der Waals surface area contributed by atoms with Crippen LogP contribution >= 0.6 is 11.8 Å². The van der Waals surface area contributed by atoms with Crippen LogP contribution in [-0.4, -0.2) is 29.6 Å². The molecule has 0 amide bonds. The summed E-state index contributed by atoms with van der Waals surface area (Å²) in [4.78, 5) is 16.4. The number of thioether (sulfide) groups is 1. The summed E-state index contributed by atoms with van der Waals surface area (Å²) in [5.74, 6) is 0.749. The second kappa shape index (κ2) is 6.66. The molecule has 0 fully saturated rings. The number of hydrogen-bond donors (Lipinski definition) is 1. The average Bonchev–Trinajstić information content (AvgIpc) is 2.61. The molecule has 0 saturated carbocycles. The fraction of sp³-hybridized carbons (Fsp3) is 0.312. The molecule has 0 bridgehead atoms. The molecular formula is C16H17N3O4S. The van der Waals surface area contributed by atoms with E-state index in [-0.39, 0.29) is 11.3 Å². The first-order chi connectivity index (χ1) is 11.5. The molecule has 0 aromatic heterocycles. The van der Waals surface area contributed by atoms with Gasteiger partial charge in [-0.3, -0.25) is 15.1 Å². The number of nitrogens with zero attached hydrogens (tertiary/aromatic N) is 2. The van der Waals surface area contributed by atoms with Crippen LogP contribution < -0.4 is 5.48 Å². The van der Waals surface area contributed by atoms with E-state index in [0.717, 1.165) is 17.1 Å². The molecule has 0 saturated heterocycles. The van der Waals surface area contributed by atoms with Crippen molar-refractivity contribution < 1.29 is 14.6 Å². The van der Waals surface area contributed by atoms with Crippen molar-refractivity contribution in [3.05, 3.63) is 51.6 Å². The van der Waals surface area contributed by atoms with Gasteiger partial charge in [0.25, 0.3) is 5.69 Å². The largest absolute Gasteiger partial charge is 0.374 e.